The van der Waals surface area contributed by atoms with Gasteiger partial charge in [-0.15, -0.1) is 22.7 Å². The minimum absolute atomic E-state index is 0.00382. The number of nitrogens with one attached hydrogen (secondary N) is 1. The van der Waals surface area contributed by atoms with Gasteiger partial charge in [-0.3, -0.25) is 9.59 Å². The van der Waals surface area contributed by atoms with Gasteiger partial charge in [-0.05, 0) is 11.4 Å². The topological polar surface area (TPSA) is 59.1 Å². The average molecular weight is 334 g/mol. The van der Waals surface area contributed by atoms with Crippen LogP contribution in [0.4, 0.5) is 18.3 Å². The number of ketones is 1. The van der Waals surface area contributed by atoms with E-state index in [1.54, 1.807) is 17.5 Å². The molecule has 0 atom stereocenters. The third-order valence-corrected chi connectivity index (χ3v) is 4.08. The Morgan fingerprint density at radius 3 is 2.57 bits per heavy atom. The number of thiophene rings is 1. The predicted octanol–water partition coefficient (Wildman–Crippen LogP) is 3.83. The first-order valence-electron chi connectivity index (χ1n) is 5.75. The number of Topliss-reactive ketones (excluding diaryl/α,β-unsaturated/α-hetero) is 1. The van der Waals surface area contributed by atoms with Crippen LogP contribution in [0.3, 0.4) is 0 Å². The standard InChI is InChI=1S/C12H9F3N2O2S2/c13-12(14,15)9-6-21-11(16-9)17-10(19)4-3-7(18)8-2-1-5-20-8/h1-2,5-6H,3-4H2,(H,16,17,19). The lowest BCUT2D eigenvalue weighted by Crippen LogP contribution is -2.13. The highest BCUT2D eigenvalue weighted by atomic mass is 32.1. The monoisotopic (exact) mass is 334 g/mol. The number of thiazole rings is 1. The molecule has 1 N–H and O–H groups in total. The van der Waals surface area contributed by atoms with Crippen molar-refractivity contribution in [3.05, 3.63) is 33.5 Å². The van der Waals surface area contributed by atoms with Gasteiger partial charge in [0.1, 0.15) is 0 Å². The summed E-state index contributed by atoms with van der Waals surface area (Å²) in [7, 11) is 0. The van der Waals surface area contributed by atoms with E-state index in [4.69, 9.17) is 0 Å². The molecule has 1 amide bonds. The van der Waals surface area contributed by atoms with Gasteiger partial charge in [0.2, 0.25) is 5.91 Å². The van der Waals surface area contributed by atoms with Crippen LogP contribution in [0.1, 0.15) is 28.2 Å². The Labute approximate surface area is 125 Å². The molecular weight excluding hydrogens is 325 g/mol. The third-order valence-electron chi connectivity index (χ3n) is 2.42. The first-order chi connectivity index (χ1) is 9.86. The second kappa shape index (κ2) is 6.35. The minimum atomic E-state index is -4.53. The van der Waals surface area contributed by atoms with E-state index < -0.39 is 17.8 Å². The van der Waals surface area contributed by atoms with E-state index in [9.17, 15) is 22.8 Å². The number of anilines is 1. The van der Waals surface area contributed by atoms with E-state index in [1.165, 1.54) is 11.3 Å². The van der Waals surface area contributed by atoms with Crippen molar-refractivity contribution in [3.63, 3.8) is 0 Å². The molecule has 0 bridgehead atoms. The molecule has 2 heterocycles. The van der Waals surface area contributed by atoms with Crippen LogP contribution >= 0.6 is 22.7 Å². The van der Waals surface area contributed by atoms with Crippen molar-refractivity contribution in [3.8, 4) is 0 Å². The van der Waals surface area contributed by atoms with Crippen LogP contribution in [0.5, 0.6) is 0 Å². The van der Waals surface area contributed by atoms with Gasteiger partial charge < -0.3 is 5.32 Å². The van der Waals surface area contributed by atoms with E-state index in [-0.39, 0.29) is 23.8 Å². The summed E-state index contributed by atoms with van der Waals surface area (Å²) in [6.07, 6.45) is -4.63. The number of nitrogens with zero attached hydrogens (tertiary/aromatic N) is 1. The van der Waals surface area contributed by atoms with Crippen LogP contribution in [0.2, 0.25) is 0 Å². The molecule has 2 rings (SSSR count). The fourth-order valence-corrected chi connectivity index (χ4v) is 2.86. The van der Waals surface area contributed by atoms with Gasteiger partial charge in [-0.25, -0.2) is 4.98 Å². The van der Waals surface area contributed by atoms with Crippen LogP contribution in [-0.2, 0) is 11.0 Å². The number of carbonyl (C=O) groups excluding carboxylic acids is 2. The number of hydrogen-bond acceptors (Lipinski definition) is 5. The summed E-state index contributed by atoms with van der Waals surface area (Å²) in [5.41, 5.74) is -1.04. The van der Waals surface area contributed by atoms with Crippen LogP contribution in [0, 0.1) is 0 Å². The molecule has 112 valence electrons. The van der Waals surface area contributed by atoms with Crippen molar-refractivity contribution in [1.82, 2.24) is 4.98 Å². The maximum absolute atomic E-state index is 12.3. The van der Waals surface area contributed by atoms with Crippen LogP contribution in [0.15, 0.2) is 22.9 Å². The molecule has 0 spiro atoms. The number of aromatic nitrogens is 1. The number of halogens is 3. The van der Waals surface area contributed by atoms with E-state index in [1.807, 2.05) is 0 Å². The largest absolute Gasteiger partial charge is 0.434 e. The van der Waals surface area contributed by atoms with Crippen LogP contribution in [0.25, 0.3) is 0 Å². The van der Waals surface area contributed by atoms with E-state index in [2.05, 4.69) is 10.3 Å². The van der Waals surface area contributed by atoms with Gasteiger partial charge in [0.15, 0.2) is 16.6 Å². The third kappa shape index (κ3) is 4.36. The second-order valence-electron chi connectivity index (χ2n) is 3.98. The summed E-state index contributed by atoms with van der Waals surface area (Å²) >= 11 is 1.97. The summed E-state index contributed by atoms with van der Waals surface area (Å²) in [6, 6.07) is 3.38. The molecule has 0 aliphatic carbocycles. The Morgan fingerprint density at radius 1 is 1.24 bits per heavy atom. The molecule has 2 aromatic heterocycles. The van der Waals surface area contributed by atoms with Gasteiger partial charge >= 0.3 is 6.18 Å². The van der Waals surface area contributed by atoms with Crippen LogP contribution in [-0.4, -0.2) is 16.7 Å². The van der Waals surface area contributed by atoms with Crippen molar-refractivity contribution in [1.29, 1.82) is 0 Å². The number of alkyl halides is 3. The first-order valence-corrected chi connectivity index (χ1v) is 7.51. The van der Waals surface area contributed by atoms with Crippen molar-refractivity contribution >= 4 is 39.5 Å². The number of rotatable bonds is 5. The molecular formula is C12H9F3N2O2S2. The summed E-state index contributed by atoms with van der Waals surface area (Å²) in [6.45, 7) is 0. The average Bonchev–Trinajstić information content (AvgIpc) is 3.05. The zero-order chi connectivity index (χ0) is 15.5. The van der Waals surface area contributed by atoms with Crippen molar-refractivity contribution in [2.45, 2.75) is 19.0 Å². The summed E-state index contributed by atoms with van der Waals surface area (Å²) in [5, 5.41) is 4.70. The lowest BCUT2D eigenvalue weighted by atomic mass is 10.2. The van der Waals surface area contributed by atoms with Crippen molar-refractivity contribution < 1.29 is 22.8 Å². The van der Waals surface area contributed by atoms with E-state index in [0.717, 1.165) is 5.38 Å². The summed E-state index contributed by atoms with van der Waals surface area (Å²) in [4.78, 5) is 27.1. The molecule has 9 heteroatoms. The van der Waals surface area contributed by atoms with Gasteiger partial charge in [-0.1, -0.05) is 6.07 Å². The Balaban J connectivity index is 1.85. The molecule has 0 radical (unpaired) electrons. The lowest BCUT2D eigenvalue weighted by molar-refractivity contribution is -0.140. The van der Waals surface area contributed by atoms with E-state index >= 15 is 0 Å². The molecule has 2 aromatic rings. The zero-order valence-electron chi connectivity index (χ0n) is 10.4. The van der Waals surface area contributed by atoms with E-state index in [0.29, 0.717) is 16.2 Å². The van der Waals surface area contributed by atoms with Gasteiger partial charge in [0, 0.05) is 18.2 Å². The maximum Gasteiger partial charge on any atom is 0.434 e. The van der Waals surface area contributed by atoms with Crippen LogP contribution < -0.4 is 5.32 Å². The SMILES string of the molecule is O=C(CCC(=O)c1cccs1)Nc1nc(C(F)(F)F)cs1. The van der Waals surface area contributed by atoms with Gasteiger partial charge in [0.05, 0.1) is 4.88 Å². The lowest BCUT2D eigenvalue weighted by Gasteiger charge is -2.02. The maximum atomic E-state index is 12.3. The van der Waals surface area contributed by atoms with Gasteiger partial charge in [-0.2, -0.15) is 13.2 Å². The highest BCUT2D eigenvalue weighted by Crippen LogP contribution is 2.31. The molecule has 0 aromatic carbocycles. The number of amides is 1. The number of carbonyl (C=O) groups is 2. The Bertz CT molecular complexity index is 635. The molecule has 0 fully saturated rings. The molecule has 0 aliphatic heterocycles. The van der Waals surface area contributed by atoms with Gasteiger partial charge in [0.25, 0.3) is 0 Å². The smallest absolute Gasteiger partial charge is 0.302 e. The number of hydrogen-bond donors (Lipinski definition) is 1. The fraction of sp³-hybridized carbons (Fsp3) is 0.250. The molecule has 0 saturated carbocycles. The second-order valence-corrected chi connectivity index (χ2v) is 5.79. The first kappa shape index (κ1) is 15.6. The predicted molar refractivity (Wildman–Crippen MR) is 73.6 cm³/mol. The molecule has 0 aliphatic rings. The molecule has 0 unspecified atom stereocenters. The molecule has 4 nitrogen and oxygen atoms in total. The normalized spacial score (nSPS) is 11.4. The van der Waals surface area contributed by atoms with Crippen molar-refractivity contribution in [2.75, 3.05) is 5.32 Å². The zero-order valence-corrected chi connectivity index (χ0v) is 12.1. The quantitative estimate of drug-likeness (QED) is 0.846. The summed E-state index contributed by atoms with van der Waals surface area (Å²) < 4.78 is 37.0. The summed E-state index contributed by atoms with van der Waals surface area (Å²) in [5.74, 6) is -0.710. The molecule has 21 heavy (non-hydrogen) atoms. The minimum Gasteiger partial charge on any atom is -0.302 e. The Morgan fingerprint density at radius 2 is 2.00 bits per heavy atom. The highest BCUT2D eigenvalue weighted by molar-refractivity contribution is 7.14. The Kier molecular flexibility index (Phi) is 4.73. The van der Waals surface area contributed by atoms with Crippen molar-refractivity contribution in [2.24, 2.45) is 0 Å². The fourth-order valence-electron chi connectivity index (χ4n) is 1.43. The highest BCUT2D eigenvalue weighted by Gasteiger charge is 2.33. The molecule has 0 saturated heterocycles. The Hall–Kier alpha value is -1.74.